The third-order valence-corrected chi connectivity index (χ3v) is 18.0. The van der Waals surface area contributed by atoms with Gasteiger partial charge in [-0.15, -0.1) is 0 Å². The number of hydrogen-bond acceptors (Lipinski definition) is 8. The molecule has 0 aliphatic carbocycles. The minimum atomic E-state index is -4.47. The van der Waals surface area contributed by atoms with Crippen molar-refractivity contribution < 1.29 is 26.3 Å². The summed E-state index contributed by atoms with van der Waals surface area (Å²) in [7, 11) is 0. The van der Waals surface area contributed by atoms with Crippen molar-refractivity contribution in [3.63, 3.8) is 0 Å². The minimum absolute atomic E-state index is 0.199. The van der Waals surface area contributed by atoms with E-state index in [2.05, 4.69) is 21.8 Å². The Morgan fingerprint density at radius 2 is 0.716 bits per heavy atom. The average Bonchev–Trinajstić information content (AvgIpc) is 0.728. The SMILES string of the molecule is [C-]#[N+]c1ccc(-c2nc3cc(C)c4c(-c5cccc(-c6cc(C)cc(C(F)(F)F)c6)c5)nc5ccccc5c4c3nc2-c2ccc(C#N)cc2)cc1.[C-]#[N+]c1ccc(-c2nc3cc(C)c4c(-c5cccc(-c6cc(F)c(F)c(F)c6)c5)nc5ccccc5c4c3nc2-c2ccc(C#N)cc2)cc1. The molecule has 0 unspecified atom stereocenters. The van der Waals surface area contributed by atoms with Crippen molar-refractivity contribution in [2.75, 3.05) is 0 Å². The summed E-state index contributed by atoms with van der Waals surface area (Å²) in [4.78, 5) is 38.4. The van der Waals surface area contributed by atoms with E-state index < -0.39 is 29.2 Å². The molecule has 0 radical (unpaired) electrons. The highest BCUT2D eigenvalue weighted by atomic mass is 19.4. The van der Waals surface area contributed by atoms with Crippen molar-refractivity contribution in [2.45, 2.75) is 26.9 Å². The van der Waals surface area contributed by atoms with Crippen molar-refractivity contribution in [1.29, 1.82) is 10.5 Å². The molecule has 102 heavy (non-hydrogen) atoms. The molecule has 0 saturated carbocycles. The number of benzene rings is 12. The first-order chi connectivity index (χ1) is 49.4. The standard InChI is InChI=1S/C44H26F3N5.C42H22F3N5/c1-25-19-32(23-33(20-25)44(45,46)47)30-7-6-8-31(22-30)40-38-26(2)21-37-43(39(38)35-9-4-5-10-36(35)50-40)52-42(28-13-11-27(24-48)12-14-28)41(51-37)29-15-17-34(49-3)18-16-29;1-23-18-35-42(50-41(25-12-10-24(22-46)11-13-25)40(49-35)26-14-16-30(47-2)17-15-26)37-31-8-3-4-9-34(31)48-39(36(23)37)28-7-5-6-27(19-28)29-20-32(43)38(45)33(44)21-29/h4-23H,1-2H3;3-21H,1H3. The Balaban J connectivity index is 0.000000165. The Hall–Kier alpha value is -13.8. The van der Waals surface area contributed by atoms with Crippen LogP contribution in [0.2, 0.25) is 0 Å². The second kappa shape index (κ2) is 25.9. The monoisotopic (exact) mass is 1330 g/mol. The van der Waals surface area contributed by atoms with Crippen LogP contribution in [0.1, 0.15) is 33.4 Å². The molecule has 0 fully saturated rings. The average molecular weight is 1340 g/mol. The molecule has 4 aromatic heterocycles. The number of hydrogen-bond donors (Lipinski definition) is 0. The van der Waals surface area contributed by atoms with Gasteiger partial charge in [-0.05, 0) is 156 Å². The molecule has 12 aromatic carbocycles. The predicted molar refractivity (Wildman–Crippen MR) is 389 cm³/mol. The van der Waals surface area contributed by atoms with Crippen LogP contribution in [0.5, 0.6) is 0 Å². The van der Waals surface area contributed by atoms with Crippen LogP contribution in [0.3, 0.4) is 0 Å². The fourth-order valence-electron chi connectivity index (χ4n) is 13.2. The van der Waals surface area contributed by atoms with Crippen molar-refractivity contribution in [3.05, 3.63) is 310 Å². The number of para-hydroxylation sites is 2. The van der Waals surface area contributed by atoms with Crippen LogP contribution in [0.25, 0.3) is 165 Å². The zero-order valence-corrected chi connectivity index (χ0v) is 54.3. The molecule has 16 heteroatoms. The van der Waals surface area contributed by atoms with E-state index in [0.717, 1.165) is 95.0 Å². The molecule has 16 rings (SSSR count). The molecule has 4 heterocycles. The highest BCUT2D eigenvalue weighted by Gasteiger charge is 2.31. The molecule has 0 aliphatic rings. The first-order valence-corrected chi connectivity index (χ1v) is 32.0. The van der Waals surface area contributed by atoms with E-state index in [0.29, 0.717) is 112 Å². The number of alkyl halides is 3. The number of nitriles is 2. The molecule has 484 valence electrons. The summed E-state index contributed by atoms with van der Waals surface area (Å²) in [5.41, 5.74) is 17.9. The topological polar surface area (TPSA) is 134 Å². The van der Waals surface area contributed by atoms with Crippen LogP contribution in [0.4, 0.5) is 37.7 Å². The Bertz CT molecular complexity index is 6320. The van der Waals surface area contributed by atoms with Gasteiger partial charge < -0.3 is 0 Å². The summed E-state index contributed by atoms with van der Waals surface area (Å²) in [6.45, 7) is 20.4. The van der Waals surface area contributed by atoms with E-state index in [1.165, 1.54) is 6.07 Å². The zero-order chi connectivity index (χ0) is 70.7. The third-order valence-electron chi connectivity index (χ3n) is 18.0. The van der Waals surface area contributed by atoms with Gasteiger partial charge in [0.1, 0.15) is 0 Å². The van der Waals surface area contributed by atoms with Crippen LogP contribution in [0, 0.1) is 74.0 Å². The normalized spacial score (nSPS) is 11.3. The van der Waals surface area contributed by atoms with Gasteiger partial charge in [0.25, 0.3) is 0 Å². The van der Waals surface area contributed by atoms with E-state index in [1.54, 1.807) is 79.7 Å². The van der Waals surface area contributed by atoms with E-state index in [-0.39, 0.29) is 5.56 Å². The van der Waals surface area contributed by atoms with Gasteiger partial charge >= 0.3 is 6.18 Å². The Kier molecular flexibility index (Phi) is 16.3. The fraction of sp³-hybridized carbons (Fsp3) is 0.0465. The summed E-state index contributed by atoms with van der Waals surface area (Å²) < 4.78 is 83.6. The van der Waals surface area contributed by atoms with Gasteiger partial charge in [-0.2, -0.15) is 23.7 Å². The number of aromatic nitrogens is 6. The van der Waals surface area contributed by atoms with Crippen LogP contribution < -0.4 is 0 Å². The first-order valence-electron chi connectivity index (χ1n) is 32.0. The van der Waals surface area contributed by atoms with Crippen LogP contribution in [0.15, 0.2) is 237 Å². The van der Waals surface area contributed by atoms with Gasteiger partial charge in [0.2, 0.25) is 0 Å². The third kappa shape index (κ3) is 11.8. The smallest absolute Gasteiger partial charge is 0.247 e. The summed E-state index contributed by atoms with van der Waals surface area (Å²) in [6.07, 6.45) is -4.47. The lowest BCUT2D eigenvalue weighted by Crippen LogP contribution is -2.05. The number of pyridine rings is 2. The maximum absolute atomic E-state index is 14.2. The Morgan fingerprint density at radius 1 is 0.343 bits per heavy atom. The van der Waals surface area contributed by atoms with E-state index >= 15 is 0 Å². The molecule has 0 spiro atoms. The van der Waals surface area contributed by atoms with Crippen molar-refractivity contribution >= 4 is 76.8 Å². The largest absolute Gasteiger partial charge is 0.416 e. The van der Waals surface area contributed by atoms with Gasteiger partial charge in [0.15, 0.2) is 28.8 Å². The highest BCUT2D eigenvalue weighted by Crippen LogP contribution is 2.45. The number of halogens is 6. The zero-order valence-electron chi connectivity index (χ0n) is 54.3. The maximum atomic E-state index is 14.2. The lowest BCUT2D eigenvalue weighted by Gasteiger charge is -2.17. The number of nitrogens with zero attached hydrogens (tertiary/aromatic N) is 10. The summed E-state index contributed by atoms with van der Waals surface area (Å²) in [5, 5.41) is 24.1. The number of fused-ring (bicyclic) bond motifs is 10. The van der Waals surface area contributed by atoms with Gasteiger partial charge in [-0.25, -0.2) is 52.8 Å². The summed E-state index contributed by atoms with van der Waals surface area (Å²) in [6, 6.07) is 73.4. The van der Waals surface area contributed by atoms with Gasteiger partial charge in [0, 0.05) is 54.6 Å². The minimum Gasteiger partial charge on any atom is -0.247 e. The summed E-state index contributed by atoms with van der Waals surface area (Å²) in [5.74, 6) is -4.04. The lowest BCUT2D eigenvalue weighted by atomic mass is 9.93. The molecule has 10 nitrogen and oxygen atoms in total. The molecule has 0 atom stereocenters. The van der Waals surface area contributed by atoms with Crippen molar-refractivity contribution in [3.8, 4) is 102 Å². The quantitative estimate of drug-likeness (QED) is 0.0635. The molecule has 0 saturated heterocycles. The van der Waals surface area contributed by atoms with Crippen LogP contribution in [-0.4, -0.2) is 29.9 Å². The molecular weight excluding hydrogens is 1290 g/mol. The van der Waals surface area contributed by atoms with Gasteiger partial charge in [-0.1, -0.05) is 152 Å². The fourth-order valence-corrected chi connectivity index (χ4v) is 13.2. The van der Waals surface area contributed by atoms with Gasteiger partial charge in [-0.3, -0.25) is 0 Å². The van der Waals surface area contributed by atoms with E-state index in [9.17, 15) is 36.9 Å². The molecule has 0 aliphatic heterocycles. The van der Waals surface area contributed by atoms with Crippen LogP contribution >= 0.6 is 0 Å². The lowest BCUT2D eigenvalue weighted by molar-refractivity contribution is -0.137. The van der Waals surface area contributed by atoms with Crippen LogP contribution in [-0.2, 0) is 6.18 Å². The number of rotatable bonds is 8. The predicted octanol–water partition coefficient (Wildman–Crippen LogP) is 23.2. The van der Waals surface area contributed by atoms with Gasteiger partial charge in [0.05, 0.1) is 109 Å². The second-order valence-electron chi connectivity index (χ2n) is 24.6. The molecular formula is C86H48F6N10. The molecule has 0 bridgehead atoms. The first kappa shape index (κ1) is 64.2. The van der Waals surface area contributed by atoms with Crippen molar-refractivity contribution in [1.82, 2.24) is 29.9 Å². The van der Waals surface area contributed by atoms with Crippen molar-refractivity contribution in [2.24, 2.45) is 0 Å². The Labute approximate surface area is 579 Å². The second-order valence-corrected chi connectivity index (χ2v) is 24.6. The highest BCUT2D eigenvalue weighted by molar-refractivity contribution is 6.24. The molecule has 0 amide bonds. The Morgan fingerprint density at radius 3 is 1.12 bits per heavy atom. The van der Waals surface area contributed by atoms with E-state index in [4.69, 9.17) is 43.0 Å². The molecule has 16 aromatic rings. The molecule has 0 N–H and O–H groups in total. The summed E-state index contributed by atoms with van der Waals surface area (Å²) >= 11 is 0. The van der Waals surface area contributed by atoms with E-state index in [1.807, 2.05) is 153 Å². The maximum Gasteiger partial charge on any atom is 0.416 e. The number of aryl methyl sites for hydroxylation is 3.